The predicted molar refractivity (Wildman–Crippen MR) is 302 cm³/mol. The number of carbonyl (C=O) groups excluding carboxylic acids is 4. The number of unbranched alkanes of at least 4 members (excludes halogenated alkanes) is 10. The highest BCUT2D eigenvalue weighted by Crippen LogP contribution is 2.43. The first-order valence-electron chi connectivity index (χ1n) is 28.5. The molecule has 2 fully saturated rings. The second-order valence-electron chi connectivity index (χ2n) is 22.0. The van der Waals surface area contributed by atoms with Crippen LogP contribution in [0.15, 0.2) is 109 Å². The molecule has 0 heterocycles. The quantitative estimate of drug-likeness (QED) is 0.00981. The summed E-state index contributed by atoms with van der Waals surface area (Å²) in [6, 6.07) is 27.4. The Bertz CT molecular complexity index is 2380. The summed E-state index contributed by atoms with van der Waals surface area (Å²) in [6.45, 7) is 4.48. The first-order chi connectivity index (χ1) is 36.2. The van der Waals surface area contributed by atoms with E-state index in [-0.39, 0.29) is 36.6 Å². The molecule has 0 bridgehead atoms. The summed E-state index contributed by atoms with van der Waals surface area (Å²) in [4.78, 5) is 54.8. The van der Waals surface area contributed by atoms with Gasteiger partial charge in [-0.1, -0.05) is 164 Å². The van der Waals surface area contributed by atoms with Gasteiger partial charge in [-0.3, -0.25) is 19.2 Å². The van der Waals surface area contributed by atoms with E-state index < -0.39 is 29.2 Å². The number of hydrogen-bond acceptors (Lipinski definition) is 10. The summed E-state index contributed by atoms with van der Waals surface area (Å²) in [5.74, 6) is -2.99. The zero-order valence-electron chi connectivity index (χ0n) is 45.0. The lowest BCUT2D eigenvalue weighted by Gasteiger charge is -2.42. The van der Waals surface area contributed by atoms with E-state index in [4.69, 9.17) is 20.9 Å². The van der Waals surface area contributed by atoms with Crippen molar-refractivity contribution in [3.63, 3.8) is 0 Å². The highest BCUT2D eigenvalue weighted by molar-refractivity contribution is 6.01. The van der Waals surface area contributed by atoms with Crippen molar-refractivity contribution in [1.29, 1.82) is 0 Å². The maximum Gasteiger partial charge on any atom is 0.314 e. The summed E-state index contributed by atoms with van der Waals surface area (Å²) in [6.07, 6.45) is 30.6. The Labute approximate surface area is 447 Å². The van der Waals surface area contributed by atoms with Crippen LogP contribution in [0.3, 0.4) is 0 Å². The summed E-state index contributed by atoms with van der Waals surface area (Å²) >= 11 is 0. The zero-order chi connectivity index (χ0) is 53.5. The van der Waals surface area contributed by atoms with Crippen LogP contribution >= 0.6 is 0 Å². The van der Waals surface area contributed by atoms with E-state index >= 15 is 0 Å². The van der Waals surface area contributed by atoms with E-state index in [9.17, 15) is 29.4 Å². The number of anilines is 2. The standard InChI is InChI=1S/C65H86N2O8/c1-3-5-7-9-11-13-15-48-17-31-54(32-18-48)62(70)74-59-40-26-50(27-41-59)25-39-58(68)47-64(45-52-21-35-56(66)36-22-52,46-53-23-37-57(67)38-24-53)65(72,73)61(69)44-30-51-28-42-60(43-29-51)75-63(71)55-33-19-49(20-34-55)16-14-12-10-8-6-4-2/h21-30,35-44,48-49,54-55,72-73H,3-20,31-34,45-47,66-67H2,1-2H3. The number of rotatable bonds is 30. The van der Waals surface area contributed by atoms with Gasteiger partial charge in [0, 0.05) is 23.2 Å². The minimum atomic E-state index is -3.06. The normalized spacial score (nSPS) is 18.3. The van der Waals surface area contributed by atoms with Crippen LogP contribution in [0.1, 0.15) is 184 Å². The van der Waals surface area contributed by atoms with Gasteiger partial charge in [-0.05, 0) is 159 Å². The number of nitrogens with two attached hydrogens (primary N) is 2. The molecule has 75 heavy (non-hydrogen) atoms. The zero-order valence-corrected chi connectivity index (χ0v) is 45.0. The van der Waals surface area contributed by atoms with Gasteiger partial charge < -0.3 is 31.2 Å². The molecule has 10 nitrogen and oxygen atoms in total. The number of esters is 2. The third-order valence-corrected chi connectivity index (χ3v) is 16.0. The highest BCUT2D eigenvalue weighted by atomic mass is 16.5. The fraction of sp³-hybridized carbons (Fsp3) is 0.508. The molecule has 6 rings (SSSR count). The summed E-state index contributed by atoms with van der Waals surface area (Å²) in [5, 5.41) is 24.6. The van der Waals surface area contributed by atoms with Gasteiger partial charge in [0.25, 0.3) is 0 Å². The molecule has 0 aliphatic heterocycles. The summed E-state index contributed by atoms with van der Waals surface area (Å²) in [7, 11) is 0. The molecule has 2 aliphatic rings. The maximum atomic E-state index is 14.3. The fourth-order valence-corrected chi connectivity index (χ4v) is 11.2. The second kappa shape index (κ2) is 30.0. The number of hydrogen-bond donors (Lipinski definition) is 4. The molecule has 2 saturated carbocycles. The lowest BCUT2D eigenvalue weighted by molar-refractivity contribution is -0.230. The molecule has 0 amide bonds. The lowest BCUT2D eigenvalue weighted by Crippen LogP contribution is -2.57. The molecular formula is C65H86N2O8. The minimum absolute atomic E-state index is 0.0779. The number of allylic oxidation sites excluding steroid dienone is 1. The van der Waals surface area contributed by atoms with Gasteiger partial charge >= 0.3 is 11.9 Å². The van der Waals surface area contributed by atoms with Gasteiger partial charge in [-0.2, -0.15) is 0 Å². The first kappa shape index (κ1) is 58.4. The van der Waals surface area contributed by atoms with E-state index in [0.29, 0.717) is 57.0 Å². The lowest BCUT2D eigenvalue weighted by atomic mass is 9.65. The number of nitrogen functional groups attached to an aromatic ring is 2. The van der Waals surface area contributed by atoms with Crippen LogP contribution in [0.5, 0.6) is 11.5 Å². The maximum absolute atomic E-state index is 14.3. The van der Waals surface area contributed by atoms with Gasteiger partial charge in [0.2, 0.25) is 11.6 Å². The molecule has 0 spiro atoms. The van der Waals surface area contributed by atoms with Gasteiger partial charge in [0.1, 0.15) is 11.5 Å². The van der Waals surface area contributed by atoms with Crippen molar-refractivity contribution in [2.75, 3.05) is 11.5 Å². The Morgan fingerprint density at radius 3 is 1.28 bits per heavy atom. The van der Waals surface area contributed by atoms with Crippen LogP contribution in [0.4, 0.5) is 11.4 Å². The van der Waals surface area contributed by atoms with E-state index in [1.54, 1.807) is 103 Å². The van der Waals surface area contributed by atoms with Gasteiger partial charge in [0.05, 0.1) is 11.8 Å². The topological polar surface area (TPSA) is 179 Å². The third kappa shape index (κ3) is 18.7. The Morgan fingerprint density at radius 2 is 0.880 bits per heavy atom. The average molecular weight is 1020 g/mol. The molecular weight excluding hydrogens is 937 g/mol. The Hall–Kier alpha value is -5.84. The number of aliphatic hydroxyl groups is 2. The summed E-state index contributed by atoms with van der Waals surface area (Å²) in [5.41, 5.74) is 13.8. The van der Waals surface area contributed by atoms with E-state index in [2.05, 4.69) is 13.8 Å². The van der Waals surface area contributed by atoms with E-state index in [1.165, 1.54) is 102 Å². The molecule has 0 saturated heterocycles. The molecule has 0 radical (unpaired) electrons. The molecule has 4 aromatic carbocycles. The van der Waals surface area contributed by atoms with Crippen LogP contribution in [-0.2, 0) is 32.0 Å². The fourth-order valence-electron chi connectivity index (χ4n) is 11.2. The smallest absolute Gasteiger partial charge is 0.314 e. The molecule has 404 valence electrons. The summed E-state index contributed by atoms with van der Waals surface area (Å²) < 4.78 is 11.6. The van der Waals surface area contributed by atoms with Crippen molar-refractivity contribution in [2.45, 2.75) is 180 Å². The van der Waals surface area contributed by atoms with Crippen LogP contribution in [0, 0.1) is 29.1 Å². The Kier molecular flexibility index (Phi) is 23.4. The van der Waals surface area contributed by atoms with E-state index in [0.717, 1.165) is 57.4 Å². The van der Waals surface area contributed by atoms with Crippen LogP contribution in [0.2, 0.25) is 0 Å². The SMILES string of the molecule is CCCCCCCCC1CCC(C(=O)Oc2ccc(C=CC(=O)CC(Cc3ccc(N)cc3)(Cc3ccc(N)cc3)C(O)(O)C(=O)C=Cc3ccc(OC(=O)C4CCC(CCCCCCCC)CC4)cc3)cc2)CC1. The highest BCUT2D eigenvalue weighted by Gasteiger charge is 2.54. The molecule has 0 unspecified atom stereocenters. The largest absolute Gasteiger partial charge is 0.426 e. The molecule has 10 heteroatoms. The average Bonchev–Trinajstić information content (AvgIpc) is 3.41. The second-order valence-corrected chi connectivity index (χ2v) is 22.0. The van der Waals surface area contributed by atoms with E-state index in [1.807, 2.05) is 0 Å². The van der Waals surface area contributed by atoms with Crippen molar-refractivity contribution in [3.8, 4) is 11.5 Å². The Morgan fingerprint density at radius 1 is 0.507 bits per heavy atom. The first-order valence-corrected chi connectivity index (χ1v) is 28.5. The van der Waals surface area contributed by atoms with Crippen LogP contribution < -0.4 is 20.9 Å². The van der Waals surface area contributed by atoms with Gasteiger partial charge in [-0.25, -0.2) is 0 Å². The van der Waals surface area contributed by atoms with Gasteiger partial charge in [-0.15, -0.1) is 0 Å². The molecule has 0 atom stereocenters. The van der Waals surface area contributed by atoms with Crippen molar-refractivity contribution in [3.05, 3.63) is 131 Å². The van der Waals surface area contributed by atoms with Crippen molar-refractivity contribution >= 4 is 47.0 Å². The van der Waals surface area contributed by atoms with Crippen molar-refractivity contribution in [1.82, 2.24) is 0 Å². The predicted octanol–water partition coefficient (Wildman–Crippen LogP) is 14.2. The molecule has 4 aromatic rings. The number of carbonyl (C=O) groups is 4. The monoisotopic (exact) mass is 1020 g/mol. The van der Waals surface area contributed by atoms with Gasteiger partial charge in [0.15, 0.2) is 5.78 Å². The van der Waals surface area contributed by atoms with Crippen molar-refractivity contribution < 1.29 is 38.9 Å². The van der Waals surface area contributed by atoms with Crippen molar-refractivity contribution in [2.24, 2.45) is 29.1 Å². The number of ketones is 2. The van der Waals surface area contributed by atoms with Crippen LogP contribution in [0.25, 0.3) is 12.2 Å². The Balaban J connectivity index is 1.10. The molecule has 2 aliphatic carbocycles. The van der Waals surface area contributed by atoms with Crippen LogP contribution in [-0.4, -0.2) is 39.5 Å². The number of ether oxygens (including phenoxy) is 2. The third-order valence-electron chi connectivity index (χ3n) is 16.0. The molecule has 6 N–H and O–H groups in total. The number of benzene rings is 4. The minimum Gasteiger partial charge on any atom is -0.426 e. The molecule has 0 aromatic heterocycles.